The summed E-state index contributed by atoms with van der Waals surface area (Å²) in [5.74, 6) is -1.36. The third-order valence-electron chi connectivity index (χ3n) is 5.92. The Bertz CT molecular complexity index is 1180. The van der Waals surface area contributed by atoms with E-state index in [-0.39, 0.29) is 43.2 Å². The smallest absolute Gasteiger partial charge is 0.413 e. The van der Waals surface area contributed by atoms with Crippen LogP contribution in [0, 0.1) is 5.82 Å². The zero-order valence-corrected chi connectivity index (χ0v) is 20.9. The average molecular weight is 532 g/mol. The Morgan fingerprint density at radius 2 is 2.03 bits per heavy atom. The first-order chi connectivity index (χ1) is 17.8. The minimum Gasteiger partial charge on any atom is -0.425 e. The van der Waals surface area contributed by atoms with E-state index in [1.807, 2.05) is 6.92 Å². The molecule has 0 aliphatic carbocycles. The summed E-state index contributed by atoms with van der Waals surface area (Å²) >= 11 is 5.90. The van der Waals surface area contributed by atoms with E-state index in [0.29, 0.717) is 30.5 Å². The van der Waals surface area contributed by atoms with Crippen LogP contribution in [0.15, 0.2) is 48.5 Å². The van der Waals surface area contributed by atoms with Crippen LogP contribution in [0.25, 0.3) is 6.08 Å². The number of anilines is 2. The second-order valence-corrected chi connectivity index (χ2v) is 8.87. The molecule has 2 heterocycles. The van der Waals surface area contributed by atoms with Gasteiger partial charge in [-0.25, -0.2) is 9.18 Å². The Morgan fingerprint density at radius 1 is 1.24 bits per heavy atom. The summed E-state index contributed by atoms with van der Waals surface area (Å²) in [6.45, 7) is 3.12. The summed E-state index contributed by atoms with van der Waals surface area (Å²) in [6.07, 6.45) is 1.18. The fourth-order valence-electron chi connectivity index (χ4n) is 4.13. The van der Waals surface area contributed by atoms with E-state index in [1.165, 1.54) is 28.0 Å². The fourth-order valence-corrected chi connectivity index (χ4v) is 4.25. The van der Waals surface area contributed by atoms with Crippen LogP contribution < -0.4 is 10.2 Å². The number of carbonyl (C=O) groups excluding carboxylic acids is 3. The summed E-state index contributed by atoms with van der Waals surface area (Å²) in [5.41, 5.74) is 1.03. The maximum absolute atomic E-state index is 14.7. The number of nitrogens with one attached hydrogen (secondary N) is 1. The van der Waals surface area contributed by atoms with Crippen molar-refractivity contribution in [2.75, 3.05) is 43.1 Å². The van der Waals surface area contributed by atoms with Crippen LogP contribution in [-0.2, 0) is 23.8 Å². The first-order valence-corrected chi connectivity index (χ1v) is 12.2. The number of carbonyl (C=O) groups is 3. The van der Waals surface area contributed by atoms with Crippen molar-refractivity contribution in [1.82, 2.24) is 4.90 Å². The third-order valence-corrected chi connectivity index (χ3v) is 6.17. The topological polar surface area (TPSA) is 97.4 Å². The molecule has 0 aromatic heterocycles. The summed E-state index contributed by atoms with van der Waals surface area (Å²) < 4.78 is 30.9. The number of hydrogen-bond acceptors (Lipinski definition) is 6. The van der Waals surface area contributed by atoms with Gasteiger partial charge >= 0.3 is 6.09 Å². The van der Waals surface area contributed by atoms with E-state index >= 15 is 0 Å². The van der Waals surface area contributed by atoms with Gasteiger partial charge in [-0.2, -0.15) is 0 Å². The molecule has 2 saturated heterocycles. The van der Waals surface area contributed by atoms with Crippen LogP contribution in [0.2, 0.25) is 5.02 Å². The quantitative estimate of drug-likeness (QED) is 0.541. The monoisotopic (exact) mass is 531 g/mol. The van der Waals surface area contributed by atoms with Crippen molar-refractivity contribution in [1.29, 1.82) is 0 Å². The van der Waals surface area contributed by atoms with Crippen molar-refractivity contribution in [2.24, 2.45) is 0 Å². The molecule has 0 saturated carbocycles. The predicted molar refractivity (Wildman–Crippen MR) is 136 cm³/mol. The largest absolute Gasteiger partial charge is 0.425 e. The van der Waals surface area contributed by atoms with Gasteiger partial charge in [-0.05, 0) is 48.9 Å². The van der Waals surface area contributed by atoms with E-state index in [2.05, 4.69) is 5.32 Å². The molecule has 0 radical (unpaired) electrons. The maximum atomic E-state index is 14.7. The molecule has 4 rings (SSSR count). The molecular formula is C26H27ClFN3O6. The zero-order valence-electron chi connectivity index (χ0n) is 20.2. The highest BCUT2D eigenvalue weighted by Crippen LogP contribution is 2.26. The first kappa shape index (κ1) is 26.6. The van der Waals surface area contributed by atoms with Gasteiger partial charge in [-0.1, -0.05) is 23.7 Å². The molecule has 2 aromatic rings. The van der Waals surface area contributed by atoms with Crippen molar-refractivity contribution in [3.8, 4) is 0 Å². The normalized spacial score (nSPS) is 19.9. The second-order valence-electron chi connectivity index (χ2n) is 8.44. The molecule has 2 atom stereocenters. The van der Waals surface area contributed by atoms with Crippen molar-refractivity contribution in [3.05, 3.63) is 64.9 Å². The summed E-state index contributed by atoms with van der Waals surface area (Å²) in [4.78, 5) is 40.3. The predicted octanol–water partition coefficient (Wildman–Crippen LogP) is 4.07. The molecule has 0 bridgehead atoms. The molecule has 2 aliphatic rings. The highest BCUT2D eigenvalue weighted by molar-refractivity contribution is 6.30. The van der Waals surface area contributed by atoms with Crippen LogP contribution >= 0.6 is 11.6 Å². The van der Waals surface area contributed by atoms with Gasteiger partial charge in [-0.3, -0.25) is 14.9 Å². The molecule has 3 amide bonds. The lowest BCUT2D eigenvalue weighted by molar-refractivity contribution is -0.132. The molecular weight excluding hydrogens is 505 g/mol. The summed E-state index contributed by atoms with van der Waals surface area (Å²) in [6, 6.07) is 11.0. The maximum Gasteiger partial charge on any atom is 0.413 e. The minimum atomic E-state index is -0.921. The fraction of sp³-hybridized carbons (Fsp3) is 0.346. The molecule has 9 nitrogen and oxygen atoms in total. The van der Waals surface area contributed by atoms with Crippen LogP contribution in [-0.4, -0.2) is 68.0 Å². The van der Waals surface area contributed by atoms with Crippen molar-refractivity contribution in [3.63, 3.8) is 0 Å². The number of ether oxygens (including phenoxy) is 3. The molecule has 1 N–H and O–H groups in total. The van der Waals surface area contributed by atoms with Gasteiger partial charge in [0.2, 0.25) is 5.91 Å². The number of morpholine rings is 1. The summed E-state index contributed by atoms with van der Waals surface area (Å²) in [5, 5.41) is 2.96. The second kappa shape index (κ2) is 12.2. The molecule has 2 aromatic carbocycles. The van der Waals surface area contributed by atoms with E-state index in [1.54, 1.807) is 30.3 Å². The van der Waals surface area contributed by atoms with Gasteiger partial charge < -0.3 is 24.0 Å². The number of nitrogens with zero attached hydrogens (tertiary/aromatic N) is 2. The summed E-state index contributed by atoms with van der Waals surface area (Å²) in [7, 11) is 0. The Hall–Kier alpha value is -3.47. The third kappa shape index (κ3) is 6.85. The van der Waals surface area contributed by atoms with E-state index in [0.717, 1.165) is 11.6 Å². The van der Waals surface area contributed by atoms with Crippen molar-refractivity contribution >= 4 is 47.0 Å². The Kier molecular flexibility index (Phi) is 8.75. The van der Waals surface area contributed by atoms with Gasteiger partial charge in [0.15, 0.2) is 6.23 Å². The zero-order chi connectivity index (χ0) is 26.4. The van der Waals surface area contributed by atoms with Crippen LogP contribution in [0.4, 0.5) is 20.6 Å². The van der Waals surface area contributed by atoms with Crippen LogP contribution in [0.1, 0.15) is 18.9 Å². The molecule has 0 spiro atoms. The first-order valence-electron chi connectivity index (χ1n) is 11.8. The number of rotatable bonds is 7. The van der Waals surface area contributed by atoms with Gasteiger partial charge in [0.05, 0.1) is 24.9 Å². The lowest BCUT2D eigenvalue weighted by atomic mass is 10.2. The van der Waals surface area contributed by atoms with Crippen LogP contribution in [0.3, 0.4) is 0 Å². The van der Waals surface area contributed by atoms with E-state index in [9.17, 15) is 18.8 Å². The Morgan fingerprint density at radius 3 is 2.73 bits per heavy atom. The van der Waals surface area contributed by atoms with Crippen LogP contribution in [0.5, 0.6) is 0 Å². The number of amides is 3. The lowest BCUT2D eigenvalue weighted by Crippen LogP contribution is -2.41. The minimum absolute atomic E-state index is 0.0673. The average Bonchev–Trinajstić information content (AvgIpc) is 3.27. The lowest BCUT2D eigenvalue weighted by Gasteiger charge is -2.27. The number of benzene rings is 2. The van der Waals surface area contributed by atoms with Gasteiger partial charge in [-0.15, -0.1) is 0 Å². The Balaban J connectivity index is 1.40. The van der Waals surface area contributed by atoms with Crippen molar-refractivity contribution < 1.29 is 33.0 Å². The molecule has 11 heteroatoms. The standard InChI is InChI=1S/C26H27ClFN3O6/c1-2-36-20-14-25(31(15-20)23(32)10-5-17-3-6-18(27)7-4-17)37-26(34)29-22-9-8-19(13-21(22)28)30-11-12-35-16-24(30)33/h3-10,13,20,25H,2,11-12,14-16H2,1H3,(H,29,34)/b10-5+/t20-,25-/m1/s1. The van der Waals surface area contributed by atoms with Crippen molar-refractivity contribution in [2.45, 2.75) is 25.7 Å². The van der Waals surface area contributed by atoms with Gasteiger partial charge in [0.25, 0.3) is 5.91 Å². The van der Waals surface area contributed by atoms with E-state index in [4.69, 9.17) is 25.8 Å². The number of hydrogen-bond donors (Lipinski definition) is 1. The highest BCUT2D eigenvalue weighted by Gasteiger charge is 2.37. The highest BCUT2D eigenvalue weighted by atomic mass is 35.5. The Labute approximate surface area is 218 Å². The molecule has 2 fully saturated rings. The van der Waals surface area contributed by atoms with Gasteiger partial charge in [0.1, 0.15) is 12.4 Å². The van der Waals surface area contributed by atoms with E-state index < -0.39 is 18.1 Å². The van der Waals surface area contributed by atoms with Gasteiger partial charge in [0, 0.05) is 36.4 Å². The molecule has 0 unspecified atom stereocenters. The molecule has 196 valence electrons. The number of likely N-dealkylation sites (tertiary alicyclic amines) is 1. The SMILES string of the molecule is CCO[C@@H]1C[C@@H](OC(=O)Nc2ccc(N3CCOCC3=O)cc2F)N(C(=O)/C=C/c2ccc(Cl)cc2)C1. The molecule has 37 heavy (non-hydrogen) atoms. The molecule has 2 aliphatic heterocycles. The number of halogens is 2.